The number of carbonyl (C=O) groups excluding carboxylic acids is 4. The Bertz CT molecular complexity index is 2060. The van der Waals surface area contributed by atoms with E-state index in [1.54, 1.807) is 36.4 Å². The molecule has 16 heteroatoms. The van der Waals surface area contributed by atoms with Crippen molar-refractivity contribution in [2.24, 2.45) is 35.5 Å². The van der Waals surface area contributed by atoms with E-state index in [1.807, 2.05) is 24.3 Å². The lowest BCUT2D eigenvalue weighted by Gasteiger charge is -2.69. The highest BCUT2D eigenvalue weighted by Crippen LogP contribution is 2.68. The minimum Gasteiger partial charge on any atom is -0.493 e. The Morgan fingerprint density at radius 1 is 0.516 bits per heavy atom. The highest BCUT2D eigenvalue weighted by molar-refractivity contribution is 5.84. The van der Waals surface area contributed by atoms with Gasteiger partial charge in [-0.1, -0.05) is 36.4 Å². The van der Waals surface area contributed by atoms with Crippen LogP contribution in [0, 0.1) is 35.5 Å². The number of fused-ring (bicyclic) bond motifs is 2. The molecule has 9 rings (SSSR count). The van der Waals surface area contributed by atoms with Gasteiger partial charge in [0, 0.05) is 50.0 Å². The minimum absolute atomic E-state index is 0.427. The molecule has 2 aromatic carbocycles. The third-order valence-corrected chi connectivity index (χ3v) is 13.2. The fourth-order valence-corrected chi connectivity index (χ4v) is 10.8. The molecule has 12 unspecified atom stereocenters. The number of rotatable bonds is 14. The molecule has 0 aromatic heterocycles. The molecule has 12 atom stereocenters. The molecular formula is C46H52O16. The summed E-state index contributed by atoms with van der Waals surface area (Å²) < 4.78 is 71.6. The van der Waals surface area contributed by atoms with E-state index in [-0.39, 0.29) is 0 Å². The highest BCUT2D eigenvalue weighted by atomic mass is 16.8. The standard InChI is InChI=1S/C46H52O16/c1-51-29-15-11-23(21-31(29)53-3)35-27-19-25(13-17-33(47)55-5)39(37(35)43(49)57-7)45(59-9)41(27)61-46(60-10)40-26(14-18-34(48)56-6)20-28(42(46)62-45)36(38(40)44(50)58-8)24-12-16-30(52-2)32(22-24)54-4/h11-22,27-28,35-42H,1-10H3/b17-13+,18-14+. The maximum Gasteiger partial charge on any atom is 0.330 e. The Balaban J connectivity index is 1.49. The second-order valence-corrected chi connectivity index (χ2v) is 15.5. The maximum atomic E-state index is 14.4. The van der Waals surface area contributed by atoms with Crippen molar-refractivity contribution in [1.29, 1.82) is 0 Å². The molecule has 1 heterocycles. The van der Waals surface area contributed by atoms with E-state index in [2.05, 4.69) is 0 Å². The summed E-state index contributed by atoms with van der Waals surface area (Å²) >= 11 is 0. The van der Waals surface area contributed by atoms with Crippen LogP contribution in [0.2, 0.25) is 0 Å². The van der Waals surface area contributed by atoms with E-state index in [0.717, 1.165) is 0 Å². The van der Waals surface area contributed by atoms with Crippen LogP contribution in [-0.2, 0) is 57.1 Å². The Morgan fingerprint density at radius 2 is 0.887 bits per heavy atom. The zero-order valence-electron chi connectivity index (χ0n) is 36.2. The topological polar surface area (TPSA) is 179 Å². The van der Waals surface area contributed by atoms with Crippen LogP contribution >= 0.6 is 0 Å². The number of carbonyl (C=O) groups is 4. The molecule has 2 saturated carbocycles. The summed E-state index contributed by atoms with van der Waals surface area (Å²) in [6.45, 7) is 0. The van der Waals surface area contributed by atoms with Crippen LogP contribution in [0.1, 0.15) is 23.0 Å². The van der Waals surface area contributed by atoms with Gasteiger partial charge in [0.25, 0.3) is 0 Å². The van der Waals surface area contributed by atoms with E-state index < -0.39 is 95.0 Å². The average Bonchev–Trinajstić information content (AvgIpc) is 3.32. The Kier molecular flexibility index (Phi) is 12.6. The summed E-state index contributed by atoms with van der Waals surface area (Å²) in [5.41, 5.74) is 2.47. The van der Waals surface area contributed by atoms with Crippen molar-refractivity contribution in [2.45, 2.75) is 35.6 Å². The number of hydrogen-bond donors (Lipinski definition) is 0. The van der Waals surface area contributed by atoms with E-state index >= 15 is 0 Å². The quantitative estimate of drug-likeness (QED) is 0.148. The molecule has 6 aliphatic carbocycles. The van der Waals surface area contributed by atoms with Crippen LogP contribution in [0.15, 0.2) is 84.0 Å². The molecule has 2 aromatic rings. The van der Waals surface area contributed by atoms with Gasteiger partial charge in [-0.05, 0) is 46.5 Å². The van der Waals surface area contributed by atoms with Crippen LogP contribution in [0.4, 0.5) is 0 Å². The van der Waals surface area contributed by atoms with E-state index in [9.17, 15) is 19.2 Å². The first-order valence-electron chi connectivity index (χ1n) is 19.9. The normalized spacial score (nSPS) is 32.8. The summed E-state index contributed by atoms with van der Waals surface area (Å²) in [6.07, 6.45) is 7.51. The molecule has 4 bridgehead atoms. The first-order chi connectivity index (χ1) is 29.9. The van der Waals surface area contributed by atoms with Crippen molar-refractivity contribution < 1.29 is 76.0 Å². The maximum absolute atomic E-state index is 14.4. The van der Waals surface area contributed by atoms with Crippen molar-refractivity contribution in [2.75, 3.05) is 71.1 Å². The first-order valence-corrected chi connectivity index (χ1v) is 19.9. The molecule has 16 nitrogen and oxygen atoms in total. The average molecular weight is 861 g/mol. The lowest BCUT2D eigenvalue weighted by molar-refractivity contribution is -0.482. The van der Waals surface area contributed by atoms with Gasteiger partial charge in [-0.2, -0.15) is 0 Å². The van der Waals surface area contributed by atoms with Crippen molar-refractivity contribution in [3.63, 3.8) is 0 Å². The molecule has 3 fully saturated rings. The fourth-order valence-electron chi connectivity index (χ4n) is 10.8. The van der Waals surface area contributed by atoms with Crippen molar-refractivity contribution >= 4 is 23.9 Å². The molecule has 0 amide bonds. The van der Waals surface area contributed by atoms with Crippen LogP contribution in [0.5, 0.6) is 23.0 Å². The summed E-state index contributed by atoms with van der Waals surface area (Å²) in [5.74, 6) is -10.7. The van der Waals surface area contributed by atoms with E-state index in [1.165, 1.54) is 83.3 Å². The zero-order valence-corrected chi connectivity index (χ0v) is 36.2. The summed E-state index contributed by atoms with van der Waals surface area (Å²) in [7, 11) is 14.2. The molecule has 1 saturated heterocycles. The summed E-state index contributed by atoms with van der Waals surface area (Å²) in [4.78, 5) is 54.0. The molecule has 0 N–H and O–H groups in total. The SMILES string of the molecule is COC(=O)/C=C/C1=CC2C(c3ccc(OC)c(OC)c3)C(C(=O)OC)C1C1(OC)OC3C4C=C(/C=C/C(=O)OC)C(C(C(=O)OC)C4c4ccc(OC)c(OC)c4)C3(OC)OC21. The Labute approximate surface area is 359 Å². The Hall–Kier alpha value is -5.68. The lowest BCUT2D eigenvalue weighted by Crippen LogP contribution is -2.80. The van der Waals surface area contributed by atoms with Gasteiger partial charge in [0.2, 0.25) is 11.6 Å². The van der Waals surface area contributed by atoms with Crippen LogP contribution in [0.25, 0.3) is 0 Å². The number of benzene rings is 2. The van der Waals surface area contributed by atoms with Gasteiger partial charge in [0.05, 0.1) is 80.6 Å². The highest BCUT2D eigenvalue weighted by Gasteiger charge is 2.77. The monoisotopic (exact) mass is 860 g/mol. The van der Waals surface area contributed by atoms with Crippen LogP contribution < -0.4 is 18.9 Å². The second kappa shape index (κ2) is 17.6. The van der Waals surface area contributed by atoms with Gasteiger partial charge in [0.15, 0.2) is 23.0 Å². The minimum atomic E-state index is -1.73. The predicted molar refractivity (Wildman–Crippen MR) is 217 cm³/mol. The number of allylic oxidation sites excluding steroid dienone is 2. The van der Waals surface area contributed by atoms with Gasteiger partial charge < -0.3 is 56.8 Å². The molecule has 1 aliphatic heterocycles. The van der Waals surface area contributed by atoms with Crippen molar-refractivity contribution in [1.82, 2.24) is 0 Å². The molecule has 0 spiro atoms. The van der Waals surface area contributed by atoms with E-state index in [4.69, 9.17) is 56.8 Å². The zero-order chi connectivity index (χ0) is 44.7. The van der Waals surface area contributed by atoms with Gasteiger partial charge >= 0.3 is 23.9 Å². The molecule has 0 radical (unpaired) electrons. The van der Waals surface area contributed by atoms with Gasteiger partial charge in [-0.15, -0.1) is 0 Å². The molecule has 332 valence electrons. The van der Waals surface area contributed by atoms with Gasteiger partial charge in [-0.3, -0.25) is 9.59 Å². The number of methoxy groups -OCH3 is 10. The molecular weight excluding hydrogens is 808 g/mol. The first kappa shape index (κ1) is 44.4. The molecule has 62 heavy (non-hydrogen) atoms. The molecule has 7 aliphatic rings. The van der Waals surface area contributed by atoms with Crippen molar-refractivity contribution in [3.05, 3.63) is 95.1 Å². The van der Waals surface area contributed by atoms with Gasteiger partial charge in [-0.25, -0.2) is 9.59 Å². The predicted octanol–water partition coefficient (Wildman–Crippen LogP) is 4.47. The smallest absolute Gasteiger partial charge is 0.330 e. The Morgan fingerprint density at radius 3 is 1.19 bits per heavy atom. The van der Waals surface area contributed by atoms with Crippen molar-refractivity contribution in [3.8, 4) is 23.0 Å². The number of hydrogen-bond acceptors (Lipinski definition) is 16. The van der Waals surface area contributed by atoms with Crippen LogP contribution in [-0.4, -0.2) is 119 Å². The van der Waals surface area contributed by atoms with E-state index in [0.29, 0.717) is 45.3 Å². The van der Waals surface area contributed by atoms with Crippen LogP contribution in [0.3, 0.4) is 0 Å². The lowest BCUT2D eigenvalue weighted by atomic mass is 9.50. The third-order valence-electron chi connectivity index (χ3n) is 13.2. The third kappa shape index (κ3) is 6.83. The van der Waals surface area contributed by atoms with Gasteiger partial charge in [0.1, 0.15) is 12.2 Å². The number of ether oxygens (including phenoxy) is 12. The number of esters is 4. The summed E-state index contributed by atoms with van der Waals surface area (Å²) in [5, 5.41) is 0. The largest absolute Gasteiger partial charge is 0.493 e. The summed E-state index contributed by atoms with van der Waals surface area (Å²) in [6, 6.07) is 10.8. The second-order valence-electron chi connectivity index (χ2n) is 15.5. The fraction of sp³-hybridized carbons (Fsp3) is 0.478.